The van der Waals surface area contributed by atoms with Gasteiger partial charge in [-0.3, -0.25) is 19.0 Å². The Bertz CT molecular complexity index is 1190. The first kappa shape index (κ1) is 23.9. The number of aliphatic hydroxyl groups excluding tert-OH is 2. The molecule has 3 rings (SSSR count). The van der Waals surface area contributed by atoms with E-state index in [1.165, 1.54) is 29.1 Å². The second-order valence-electron chi connectivity index (χ2n) is 6.84. The summed E-state index contributed by atoms with van der Waals surface area (Å²) in [6.07, 6.45) is 1.22. The number of hydrogen-bond acceptors (Lipinski definition) is 6. The first-order chi connectivity index (χ1) is 15.7. The molecule has 3 amide bonds. The lowest BCUT2D eigenvalue weighted by molar-refractivity contribution is 0.0864. The highest BCUT2D eigenvalue weighted by Crippen LogP contribution is 2.21. The second-order valence-corrected chi connectivity index (χ2v) is 7.24. The van der Waals surface area contributed by atoms with Crippen molar-refractivity contribution < 1.29 is 29.0 Å². The van der Waals surface area contributed by atoms with Crippen LogP contribution < -0.4 is 16.4 Å². The Morgan fingerprint density at radius 3 is 2.33 bits per heavy atom. The summed E-state index contributed by atoms with van der Waals surface area (Å²) in [7, 11) is 0. The normalized spacial score (nSPS) is 10.8. The minimum atomic E-state index is -0.947. The summed E-state index contributed by atoms with van der Waals surface area (Å²) in [4.78, 5) is 40.7. The molecule has 0 saturated carbocycles. The number of imidazole rings is 1. The van der Waals surface area contributed by atoms with E-state index in [-0.39, 0.29) is 22.0 Å². The molecule has 0 radical (unpaired) electrons. The quantitative estimate of drug-likeness (QED) is 0.328. The Labute approximate surface area is 191 Å². The molecule has 0 spiro atoms. The number of carbonyl (C=O) groups is 3. The average Bonchev–Trinajstić information content (AvgIpc) is 3.23. The highest BCUT2D eigenvalue weighted by atomic mass is 35.5. The van der Waals surface area contributed by atoms with Gasteiger partial charge in [-0.1, -0.05) is 11.6 Å². The van der Waals surface area contributed by atoms with Gasteiger partial charge in [0.2, 0.25) is 0 Å². The lowest BCUT2D eigenvalue weighted by Crippen LogP contribution is -2.41. The van der Waals surface area contributed by atoms with Crippen molar-refractivity contribution in [3.05, 3.63) is 76.6 Å². The van der Waals surface area contributed by atoms with E-state index in [9.17, 15) is 29.0 Å². The van der Waals surface area contributed by atoms with E-state index in [4.69, 9.17) is 17.3 Å². The molecule has 0 aliphatic rings. The van der Waals surface area contributed by atoms with E-state index in [0.29, 0.717) is 11.4 Å². The van der Waals surface area contributed by atoms with Crippen molar-refractivity contribution in [3.63, 3.8) is 0 Å². The molecule has 0 saturated heterocycles. The van der Waals surface area contributed by atoms with E-state index >= 15 is 0 Å². The second kappa shape index (κ2) is 10.2. The van der Waals surface area contributed by atoms with Gasteiger partial charge in [0, 0.05) is 11.4 Å². The van der Waals surface area contributed by atoms with Crippen molar-refractivity contribution in [1.29, 1.82) is 0 Å². The number of rotatable bonds is 8. The smallest absolute Gasteiger partial charge is 0.271 e. The molecule has 172 valence electrons. The molecule has 0 atom stereocenters. The van der Waals surface area contributed by atoms with Crippen molar-refractivity contribution in [3.8, 4) is 5.69 Å². The van der Waals surface area contributed by atoms with Gasteiger partial charge >= 0.3 is 0 Å². The Hall–Kier alpha value is -3.80. The predicted molar refractivity (Wildman–Crippen MR) is 117 cm³/mol. The maximum atomic E-state index is 13.2. The number of aliphatic hydroxyl groups is 2. The van der Waals surface area contributed by atoms with E-state index in [0.717, 1.165) is 12.1 Å². The van der Waals surface area contributed by atoms with Crippen LogP contribution in [-0.2, 0) is 0 Å². The van der Waals surface area contributed by atoms with Crippen molar-refractivity contribution in [2.24, 2.45) is 5.73 Å². The highest BCUT2D eigenvalue weighted by molar-refractivity contribution is 6.34. The van der Waals surface area contributed by atoms with Gasteiger partial charge in [0.25, 0.3) is 17.7 Å². The first-order valence-corrected chi connectivity index (χ1v) is 9.89. The van der Waals surface area contributed by atoms with Gasteiger partial charge in [0.1, 0.15) is 17.8 Å². The van der Waals surface area contributed by atoms with Crippen molar-refractivity contribution >= 4 is 35.0 Å². The number of amides is 3. The van der Waals surface area contributed by atoms with E-state index in [2.05, 4.69) is 15.6 Å². The van der Waals surface area contributed by atoms with Crippen LogP contribution in [0, 0.1) is 5.82 Å². The van der Waals surface area contributed by atoms with E-state index < -0.39 is 42.8 Å². The Kier molecular flexibility index (Phi) is 7.38. The molecular weight excluding hydrogens is 457 g/mol. The predicted octanol–water partition coefficient (Wildman–Crippen LogP) is 1.10. The molecule has 0 fully saturated rings. The molecule has 33 heavy (non-hydrogen) atoms. The average molecular weight is 476 g/mol. The van der Waals surface area contributed by atoms with Gasteiger partial charge in [-0.05, 0) is 42.5 Å². The monoisotopic (exact) mass is 475 g/mol. The largest absolute Gasteiger partial charge is 0.394 e. The number of nitrogens with zero attached hydrogens (tertiary/aromatic N) is 2. The molecule has 6 N–H and O–H groups in total. The number of aromatic nitrogens is 2. The fourth-order valence-corrected chi connectivity index (χ4v) is 3.17. The van der Waals surface area contributed by atoms with Crippen molar-refractivity contribution in [2.45, 2.75) is 6.04 Å². The van der Waals surface area contributed by atoms with Crippen LogP contribution >= 0.6 is 11.6 Å². The third kappa shape index (κ3) is 5.34. The highest BCUT2D eigenvalue weighted by Gasteiger charge is 2.25. The number of nitrogens with one attached hydrogen (secondary N) is 2. The molecule has 0 aliphatic heterocycles. The molecule has 1 aromatic heterocycles. The van der Waals surface area contributed by atoms with E-state index in [1.807, 2.05) is 0 Å². The third-order valence-electron chi connectivity index (χ3n) is 4.57. The van der Waals surface area contributed by atoms with Gasteiger partial charge in [-0.2, -0.15) is 0 Å². The lowest BCUT2D eigenvalue weighted by atomic mass is 10.2. The molecule has 0 aliphatic carbocycles. The van der Waals surface area contributed by atoms with Crippen LogP contribution in [0.3, 0.4) is 0 Å². The third-order valence-corrected chi connectivity index (χ3v) is 4.88. The first-order valence-electron chi connectivity index (χ1n) is 9.51. The van der Waals surface area contributed by atoms with Crippen LogP contribution in [0.2, 0.25) is 5.02 Å². The Morgan fingerprint density at radius 1 is 1.09 bits per heavy atom. The van der Waals surface area contributed by atoms with Crippen LogP contribution in [0.15, 0.2) is 48.8 Å². The zero-order valence-electron chi connectivity index (χ0n) is 17.0. The van der Waals surface area contributed by atoms with Crippen LogP contribution in [0.1, 0.15) is 31.3 Å². The summed E-state index contributed by atoms with van der Waals surface area (Å²) in [6, 6.07) is 8.60. The summed E-state index contributed by atoms with van der Waals surface area (Å²) < 4.78 is 14.5. The minimum Gasteiger partial charge on any atom is -0.394 e. The number of carbonyl (C=O) groups excluding carboxylic acids is 3. The SMILES string of the molecule is NC(=O)c1ncn(-c2ccc(NC(=O)c3ccc(F)cc3Cl)cc2)c1C(=O)NC(CO)CO. The molecule has 10 nitrogen and oxygen atoms in total. The number of benzene rings is 2. The van der Waals surface area contributed by atoms with Crippen LogP contribution in [0.4, 0.5) is 10.1 Å². The zero-order chi connectivity index (χ0) is 24.1. The van der Waals surface area contributed by atoms with Crippen molar-refractivity contribution in [2.75, 3.05) is 18.5 Å². The summed E-state index contributed by atoms with van der Waals surface area (Å²) in [5, 5.41) is 23.4. The Balaban J connectivity index is 1.86. The van der Waals surface area contributed by atoms with Crippen LogP contribution in [0.25, 0.3) is 5.69 Å². The number of hydrogen-bond donors (Lipinski definition) is 5. The molecule has 3 aromatic rings. The topological polar surface area (TPSA) is 160 Å². The molecule has 2 aromatic carbocycles. The molecule has 0 unspecified atom stereocenters. The minimum absolute atomic E-state index is 0.0405. The van der Waals surface area contributed by atoms with E-state index in [1.54, 1.807) is 12.1 Å². The number of anilines is 1. The fourth-order valence-electron chi connectivity index (χ4n) is 2.92. The Morgan fingerprint density at radius 2 is 1.76 bits per heavy atom. The van der Waals surface area contributed by atoms with Crippen LogP contribution in [0.5, 0.6) is 0 Å². The van der Waals surface area contributed by atoms with Gasteiger partial charge < -0.3 is 26.6 Å². The zero-order valence-corrected chi connectivity index (χ0v) is 17.7. The maximum absolute atomic E-state index is 13.2. The summed E-state index contributed by atoms with van der Waals surface area (Å²) in [5.41, 5.74) is 5.70. The molecule has 12 heteroatoms. The maximum Gasteiger partial charge on any atom is 0.271 e. The lowest BCUT2D eigenvalue weighted by Gasteiger charge is -2.15. The summed E-state index contributed by atoms with van der Waals surface area (Å²) >= 11 is 5.91. The molecule has 0 bridgehead atoms. The van der Waals surface area contributed by atoms with Gasteiger partial charge in [0.15, 0.2) is 5.69 Å². The number of primary amides is 1. The standard InChI is InChI=1S/C21H19ClFN5O5/c22-16-7-11(23)1-6-15(16)20(32)26-12-2-4-14(5-3-12)28-10-25-17(19(24)31)18(28)21(33)27-13(8-29)9-30/h1-7,10,13,29-30H,8-9H2,(H2,24,31)(H,26,32)(H,27,33). The van der Waals surface area contributed by atoms with Crippen LogP contribution in [-0.4, -0.2) is 56.7 Å². The van der Waals surface area contributed by atoms with Gasteiger partial charge in [-0.25, -0.2) is 9.37 Å². The number of nitrogens with two attached hydrogens (primary N) is 1. The summed E-state index contributed by atoms with van der Waals surface area (Å²) in [6.45, 7) is -1.04. The van der Waals surface area contributed by atoms with Crippen molar-refractivity contribution in [1.82, 2.24) is 14.9 Å². The van der Waals surface area contributed by atoms with Gasteiger partial charge in [-0.15, -0.1) is 0 Å². The summed E-state index contributed by atoms with van der Waals surface area (Å²) in [5.74, 6) is -2.84. The van der Waals surface area contributed by atoms with Gasteiger partial charge in [0.05, 0.1) is 29.8 Å². The molecule has 1 heterocycles. The molecular formula is C21H19ClFN5O5. The fraction of sp³-hybridized carbons (Fsp3) is 0.143. The number of halogens is 2.